The van der Waals surface area contributed by atoms with Crippen molar-refractivity contribution in [2.45, 2.75) is 32.1 Å². The molecule has 0 N–H and O–H groups in total. The average Bonchev–Trinajstić information content (AvgIpc) is 2.66. The number of rotatable bonds is 9. The summed E-state index contributed by atoms with van der Waals surface area (Å²) in [6.07, 6.45) is -3.53. The number of nitro groups is 1. The Morgan fingerprint density at radius 2 is 1.80 bits per heavy atom. The number of hydrogen-bond donors (Lipinski definition) is 0. The van der Waals surface area contributed by atoms with E-state index in [-0.39, 0.29) is 18.8 Å². The maximum absolute atomic E-state index is 13.1. The molecule has 1 atom stereocenters. The molecule has 0 bridgehead atoms. The van der Waals surface area contributed by atoms with E-state index in [0.29, 0.717) is 12.5 Å². The molecule has 0 aliphatic heterocycles. The Hall–Kier alpha value is -2.66. The van der Waals surface area contributed by atoms with Gasteiger partial charge in [-0.3, -0.25) is 14.3 Å². The Balaban J connectivity index is 2.56. The Kier molecular flexibility index (Phi) is 7.43. The second kappa shape index (κ2) is 9.43. The highest BCUT2D eigenvalue weighted by atomic mass is 32.2. The molecule has 0 spiro atoms. The lowest BCUT2D eigenvalue weighted by atomic mass is 10.1. The summed E-state index contributed by atoms with van der Waals surface area (Å²) in [7, 11) is -3.78. The third-order valence-electron chi connectivity index (χ3n) is 4.39. The predicted octanol–water partition coefficient (Wildman–Crippen LogP) is 4.38. The van der Waals surface area contributed by atoms with Crippen LogP contribution in [-0.4, -0.2) is 32.2 Å². The Labute approximate surface area is 172 Å². The van der Waals surface area contributed by atoms with Crippen molar-refractivity contribution in [3.8, 4) is 0 Å². The summed E-state index contributed by atoms with van der Waals surface area (Å²) < 4.78 is 66.9. The topological polar surface area (TPSA) is 89.8 Å². The molecule has 164 valence electrons. The van der Waals surface area contributed by atoms with Crippen molar-refractivity contribution in [2.24, 2.45) is 0 Å². The predicted molar refractivity (Wildman–Crippen MR) is 106 cm³/mol. The van der Waals surface area contributed by atoms with Crippen LogP contribution < -0.4 is 4.90 Å². The fraction of sp³-hybridized carbons (Fsp3) is 0.368. The van der Waals surface area contributed by atoms with Crippen LogP contribution in [0.15, 0.2) is 48.5 Å². The molecule has 0 aliphatic rings. The van der Waals surface area contributed by atoms with Gasteiger partial charge in [-0.25, -0.2) is 0 Å². The average molecular weight is 446 g/mol. The summed E-state index contributed by atoms with van der Waals surface area (Å²) in [5, 5.41) is 11.6. The van der Waals surface area contributed by atoms with Crippen molar-refractivity contribution in [3.05, 3.63) is 69.8 Å². The number of hydrogen-bond acceptors (Lipinski definition) is 6. The first-order chi connectivity index (χ1) is 13.9. The number of nitro benzene ring substituents is 1. The molecule has 0 saturated carbocycles. The minimum absolute atomic E-state index is 0.0548. The van der Waals surface area contributed by atoms with E-state index in [0.717, 1.165) is 24.0 Å². The zero-order valence-electron chi connectivity index (χ0n) is 16.3. The molecule has 0 unspecified atom stereocenters. The molecule has 7 nitrogen and oxygen atoms in total. The van der Waals surface area contributed by atoms with Crippen molar-refractivity contribution in [1.29, 1.82) is 0 Å². The maximum Gasteiger partial charge on any atom is 0.416 e. The highest BCUT2D eigenvalue weighted by molar-refractivity contribution is 7.85. The molecule has 0 saturated heterocycles. The van der Waals surface area contributed by atoms with Gasteiger partial charge in [0.1, 0.15) is 5.69 Å². The van der Waals surface area contributed by atoms with E-state index in [1.165, 1.54) is 4.90 Å². The van der Waals surface area contributed by atoms with Gasteiger partial charge in [0.15, 0.2) is 0 Å². The van der Waals surface area contributed by atoms with E-state index in [1.54, 1.807) is 37.3 Å². The first-order valence-electron chi connectivity index (χ1n) is 8.93. The summed E-state index contributed by atoms with van der Waals surface area (Å²) >= 11 is 0. The van der Waals surface area contributed by atoms with Gasteiger partial charge in [-0.05, 0) is 24.1 Å². The zero-order chi connectivity index (χ0) is 22.5. The third kappa shape index (κ3) is 6.42. The molecule has 11 heteroatoms. The molecule has 2 aromatic rings. The smallest absolute Gasteiger partial charge is 0.356 e. The van der Waals surface area contributed by atoms with Gasteiger partial charge >= 0.3 is 6.18 Å². The standard InChI is InChI=1S/C19H21F3N2O5S/c1-3-16(13-29-30(2,27)28)23(12-14-7-5-4-6-8-14)17-10-9-15(19(20,21)22)11-18(17)24(25)26/h4-11,16H,3,12-13H2,1-2H3/t16-/m0/s1. The van der Waals surface area contributed by atoms with Crippen LogP contribution in [0.4, 0.5) is 24.5 Å². The lowest BCUT2D eigenvalue weighted by Gasteiger charge is -2.32. The van der Waals surface area contributed by atoms with E-state index in [9.17, 15) is 31.7 Å². The number of halogens is 3. The van der Waals surface area contributed by atoms with Crippen LogP contribution in [0.3, 0.4) is 0 Å². The van der Waals surface area contributed by atoms with Crippen molar-refractivity contribution in [3.63, 3.8) is 0 Å². The molecule has 0 aromatic heterocycles. The first kappa shape index (κ1) is 23.6. The van der Waals surface area contributed by atoms with Gasteiger partial charge in [0.25, 0.3) is 15.8 Å². The lowest BCUT2D eigenvalue weighted by molar-refractivity contribution is -0.384. The number of nitrogens with zero attached hydrogens (tertiary/aromatic N) is 2. The molecule has 0 amide bonds. The summed E-state index contributed by atoms with van der Waals surface area (Å²) in [5.41, 5.74) is -1.18. The van der Waals surface area contributed by atoms with E-state index in [1.807, 2.05) is 0 Å². The molecule has 0 aliphatic carbocycles. The van der Waals surface area contributed by atoms with Crippen LogP contribution in [0.25, 0.3) is 0 Å². The van der Waals surface area contributed by atoms with Crippen molar-refractivity contribution < 1.29 is 30.7 Å². The van der Waals surface area contributed by atoms with Gasteiger partial charge in [-0.15, -0.1) is 0 Å². The largest absolute Gasteiger partial charge is 0.416 e. The number of anilines is 1. The zero-order valence-corrected chi connectivity index (χ0v) is 17.1. The van der Waals surface area contributed by atoms with Gasteiger partial charge in [-0.1, -0.05) is 37.3 Å². The number of benzene rings is 2. The van der Waals surface area contributed by atoms with Crippen LogP contribution >= 0.6 is 0 Å². The normalized spacial score (nSPS) is 13.1. The SMILES string of the molecule is CC[C@@H](COS(C)(=O)=O)N(Cc1ccccc1)c1ccc(C(F)(F)F)cc1[N+](=O)[O-]. The summed E-state index contributed by atoms with van der Waals surface area (Å²) in [6, 6.07) is 10.4. The highest BCUT2D eigenvalue weighted by Gasteiger charge is 2.34. The molecule has 30 heavy (non-hydrogen) atoms. The molecule has 2 aromatic carbocycles. The quantitative estimate of drug-likeness (QED) is 0.323. The minimum atomic E-state index is -4.74. The Morgan fingerprint density at radius 3 is 2.30 bits per heavy atom. The first-order valence-corrected chi connectivity index (χ1v) is 10.7. The van der Waals surface area contributed by atoms with E-state index >= 15 is 0 Å². The van der Waals surface area contributed by atoms with Gasteiger partial charge < -0.3 is 4.90 Å². The number of alkyl halides is 3. The van der Waals surface area contributed by atoms with E-state index in [2.05, 4.69) is 0 Å². The summed E-state index contributed by atoms with van der Waals surface area (Å²) in [5.74, 6) is 0. The highest BCUT2D eigenvalue weighted by Crippen LogP contribution is 2.38. The fourth-order valence-electron chi connectivity index (χ4n) is 2.91. The fourth-order valence-corrected chi connectivity index (χ4v) is 3.31. The summed E-state index contributed by atoms with van der Waals surface area (Å²) in [6.45, 7) is 1.53. The molecule has 0 fully saturated rings. The van der Waals surface area contributed by atoms with Crippen molar-refractivity contribution in [2.75, 3.05) is 17.8 Å². The van der Waals surface area contributed by atoms with Crippen LogP contribution in [-0.2, 0) is 27.0 Å². The van der Waals surface area contributed by atoms with Crippen LogP contribution in [0.5, 0.6) is 0 Å². The van der Waals surface area contributed by atoms with Crippen LogP contribution in [0.1, 0.15) is 24.5 Å². The second-order valence-electron chi connectivity index (χ2n) is 6.62. The molecule has 2 rings (SSSR count). The van der Waals surface area contributed by atoms with Gasteiger partial charge in [0.05, 0.1) is 29.4 Å². The van der Waals surface area contributed by atoms with Gasteiger partial charge in [-0.2, -0.15) is 21.6 Å². The van der Waals surface area contributed by atoms with Gasteiger partial charge in [0.2, 0.25) is 0 Å². The maximum atomic E-state index is 13.1. The van der Waals surface area contributed by atoms with E-state index < -0.39 is 38.5 Å². The summed E-state index contributed by atoms with van der Waals surface area (Å²) in [4.78, 5) is 12.2. The van der Waals surface area contributed by atoms with Crippen LogP contribution in [0, 0.1) is 10.1 Å². The molecular weight excluding hydrogens is 425 g/mol. The monoisotopic (exact) mass is 446 g/mol. The molecule has 0 radical (unpaired) electrons. The Morgan fingerprint density at radius 1 is 1.17 bits per heavy atom. The molecule has 0 heterocycles. The van der Waals surface area contributed by atoms with Crippen molar-refractivity contribution >= 4 is 21.5 Å². The van der Waals surface area contributed by atoms with E-state index in [4.69, 9.17) is 4.18 Å². The third-order valence-corrected chi connectivity index (χ3v) is 4.96. The van der Waals surface area contributed by atoms with Gasteiger partial charge in [0, 0.05) is 12.6 Å². The lowest BCUT2D eigenvalue weighted by Crippen LogP contribution is -2.39. The Bertz CT molecular complexity index is 981. The second-order valence-corrected chi connectivity index (χ2v) is 8.27. The van der Waals surface area contributed by atoms with Crippen LogP contribution in [0.2, 0.25) is 0 Å². The minimum Gasteiger partial charge on any atom is -0.356 e. The van der Waals surface area contributed by atoms with Crippen molar-refractivity contribution in [1.82, 2.24) is 0 Å². The molecular formula is C19H21F3N2O5S.